The molecule has 2 nitrogen and oxygen atoms in total. The second-order valence-corrected chi connectivity index (χ2v) is 19.9. The number of hydrogen-bond acceptors (Lipinski definition) is 2. The molecule has 0 fully saturated rings. The molecule has 0 spiro atoms. The van der Waals surface area contributed by atoms with E-state index in [0.29, 0.717) is 35.6 Å². The van der Waals surface area contributed by atoms with Crippen molar-refractivity contribution in [2.45, 2.75) is 108 Å². The summed E-state index contributed by atoms with van der Waals surface area (Å²) in [6, 6.07) is 0.308. The average Bonchev–Trinajstić information content (AvgIpc) is 3.73. The van der Waals surface area contributed by atoms with Gasteiger partial charge in [0, 0.05) is 35.1 Å². The highest BCUT2D eigenvalue weighted by Crippen LogP contribution is 2.51. The largest absolute Gasteiger partial charge is 0.485 e. The van der Waals surface area contributed by atoms with Crippen LogP contribution in [0.3, 0.4) is 0 Å². The number of fused-ring (bicyclic) bond motifs is 4. The highest BCUT2D eigenvalue weighted by Gasteiger charge is 2.41. The molecule has 0 saturated carbocycles. The quantitative estimate of drug-likeness (QED) is 0.237. The normalized spacial score (nSPS) is 35.2. The van der Waals surface area contributed by atoms with Crippen molar-refractivity contribution >= 4 is 0 Å². The number of ether oxygens (including phenoxy) is 1. The van der Waals surface area contributed by atoms with Crippen LogP contribution in [-0.2, 0) is 4.74 Å². The van der Waals surface area contributed by atoms with E-state index in [9.17, 15) is 0 Å². The fraction of sp³-hybridized carbons (Fsp3) is 0.400. The lowest BCUT2D eigenvalue weighted by molar-refractivity contribution is 0.167. The first-order chi connectivity index (χ1) is 30.7. The van der Waals surface area contributed by atoms with E-state index in [-0.39, 0.29) is 6.10 Å². The van der Waals surface area contributed by atoms with Crippen molar-refractivity contribution in [1.82, 2.24) is 4.90 Å². The van der Waals surface area contributed by atoms with Crippen LogP contribution in [0.2, 0.25) is 0 Å². The molecule has 12 rings (SSSR count). The van der Waals surface area contributed by atoms with Gasteiger partial charge in [-0.05, 0) is 182 Å². The number of allylic oxidation sites excluding steroid dienone is 29. The minimum atomic E-state index is 0.129. The van der Waals surface area contributed by atoms with E-state index in [1.807, 2.05) is 0 Å². The second kappa shape index (κ2) is 16.6. The Labute approximate surface area is 371 Å². The number of nitrogens with zero attached hydrogens (tertiary/aromatic N) is 1. The molecule has 9 atom stereocenters. The lowest BCUT2D eigenvalue weighted by atomic mass is 9.62. The summed E-state index contributed by atoms with van der Waals surface area (Å²) in [6.45, 7) is 0. The van der Waals surface area contributed by atoms with Gasteiger partial charge in [0.15, 0.2) is 0 Å². The highest BCUT2D eigenvalue weighted by atomic mass is 16.5. The molecule has 1 aliphatic heterocycles. The highest BCUT2D eigenvalue weighted by molar-refractivity contribution is 5.54. The van der Waals surface area contributed by atoms with Crippen molar-refractivity contribution in [3.63, 3.8) is 0 Å². The zero-order chi connectivity index (χ0) is 41.0. The molecule has 0 radical (unpaired) electrons. The monoisotopic (exact) mass is 813 g/mol. The second-order valence-electron chi connectivity index (χ2n) is 19.9. The Morgan fingerprint density at radius 1 is 0.565 bits per heavy atom. The summed E-state index contributed by atoms with van der Waals surface area (Å²) in [5.74, 6) is 4.91. The van der Waals surface area contributed by atoms with E-state index < -0.39 is 0 Å². The van der Waals surface area contributed by atoms with Crippen LogP contribution in [0.25, 0.3) is 0 Å². The topological polar surface area (TPSA) is 12.5 Å². The molecular weight excluding hydrogens is 751 g/mol. The van der Waals surface area contributed by atoms with E-state index in [1.165, 1.54) is 97.2 Å². The van der Waals surface area contributed by atoms with Gasteiger partial charge in [0.25, 0.3) is 0 Å². The maximum absolute atomic E-state index is 6.77. The lowest BCUT2D eigenvalue weighted by Crippen LogP contribution is -2.36. The van der Waals surface area contributed by atoms with Crippen molar-refractivity contribution in [1.29, 1.82) is 0 Å². The summed E-state index contributed by atoms with van der Waals surface area (Å²) in [6.07, 6.45) is 76.3. The van der Waals surface area contributed by atoms with Crippen molar-refractivity contribution in [2.75, 3.05) is 0 Å². The molecule has 62 heavy (non-hydrogen) atoms. The fourth-order valence-electron chi connectivity index (χ4n) is 13.5. The van der Waals surface area contributed by atoms with Crippen LogP contribution in [0.15, 0.2) is 213 Å². The molecular formula is C60H63NO. The van der Waals surface area contributed by atoms with E-state index in [1.54, 1.807) is 27.9 Å². The minimum Gasteiger partial charge on any atom is -0.485 e. The molecule has 0 aromatic carbocycles. The van der Waals surface area contributed by atoms with Crippen LogP contribution in [0.5, 0.6) is 0 Å². The smallest absolute Gasteiger partial charge is 0.127 e. The minimum absolute atomic E-state index is 0.129. The fourth-order valence-corrected chi connectivity index (χ4v) is 13.5. The molecule has 0 aromatic rings. The van der Waals surface area contributed by atoms with Crippen LogP contribution in [0, 0.1) is 41.4 Å². The van der Waals surface area contributed by atoms with Crippen molar-refractivity contribution in [3.8, 4) is 0 Å². The molecule has 8 unspecified atom stereocenters. The van der Waals surface area contributed by atoms with Crippen LogP contribution < -0.4 is 0 Å². The summed E-state index contributed by atoms with van der Waals surface area (Å²) in [5, 5.41) is 0. The van der Waals surface area contributed by atoms with Crippen LogP contribution in [-0.4, -0.2) is 17.0 Å². The zero-order valence-corrected chi connectivity index (χ0v) is 36.5. The molecule has 1 heterocycles. The Morgan fingerprint density at radius 3 is 2.39 bits per heavy atom. The first kappa shape index (κ1) is 38.6. The predicted octanol–water partition coefficient (Wildman–Crippen LogP) is 14.7. The van der Waals surface area contributed by atoms with Gasteiger partial charge in [0.2, 0.25) is 0 Å². The zero-order valence-electron chi connectivity index (χ0n) is 36.5. The van der Waals surface area contributed by atoms with Crippen LogP contribution >= 0.6 is 0 Å². The molecule has 0 saturated heterocycles. The predicted molar refractivity (Wildman–Crippen MR) is 256 cm³/mol. The van der Waals surface area contributed by atoms with Crippen LogP contribution in [0.1, 0.15) is 96.3 Å². The average molecular weight is 814 g/mol. The third-order valence-corrected chi connectivity index (χ3v) is 16.6. The van der Waals surface area contributed by atoms with Gasteiger partial charge in [-0.2, -0.15) is 0 Å². The summed E-state index contributed by atoms with van der Waals surface area (Å²) in [7, 11) is 0. The molecule has 2 heteroatoms. The van der Waals surface area contributed by atoms with Crippen LogP contribution in [0.4, 0.5) is 0 Å². The van der Waals surface area contributed by atoms with Gasteiger partial charge in [-0.25, -0.2) is 0 Å². The Morgan fingerprint density at radius 2 is 1.52 bits per heavy atom. The summed E-state index contributed by atoms with van der Waals surface area (Å²) < 4.78 is 6.77. The summed E-state index contributed by atoms with van der Waals surface area (Å²) in [4.78, 5) is 2.77. The summed E-state index contributed by atoms with van der Waals surface area (Å²) >= 11 is 0. The lowest BCUT2D eigenvalue weighted by Gasteiger charge is -2.43. The summed E-state index contributed by atoms with van der Waals surface area (Å²) in [5.41, 5.74) is 16.9. The molecule has 0 amide bonds. The number of hydrogen-bond donors (Lipinski definition) is 0. The SMILES string of the molecule is C1=CCC(C2=CCCC3=C2OC2C=CC(C4C=CC(N(C5=CC6=C(CC5)C5=C(C=CCC5)CC6)C5C=CC(C6C=CC=C7C=CC[C@H](C8CC=CCC8)C76)=CC5)=CC4)=CC32)C=C1. The molecule has 0 N–H and O–H groups in total. The van der Waals surface area contributed by atoms with Gasteiger partial charge >= 0.3 is 0 Å². The van der Waals surface area contributed by atoms with E-state index in [4.69, 9.17) is 4.74 Å². The Balaban J connectivity index is 0.816. The van der Waals surface area contributed by atoms with Gasteiger partial charge in [0.1, 0.15) is 11.9 Å². The molecule has 0 aromatic heterocycles. The van der Waals surface area contributed by atoms with E-state index in [2.05, 4.69) is 151 Å². The van der Waals surface area contributed by atoms with Crippen molar-refractivity contribution in [3.05, 3.63) is 213 Å². The Bertz CT molecular complexity index is 2470. The third kappa shape index (κ3) is 7.01. The van der Waals surface area contributed by atoms with Crippen molar-refractivity contribution < 1.29 is 4.74 Å². The van der Waals surface area contributed by atoms with Gasteiger partial charge < -0.3 is 9.64 Å². The molecule has 314 valence electrons. The van der Waals surface area contributed by atoms with Gasteiger partial charge in [0.05, 0.1) is 6.04 Å². The third-order valence-electron chi connectivity index (χ3n) is 16.6. The van der Waals surface area contributed by atoms with Gasteiger partial charge in [-0.1, -0.05) is 128 Å². The first-order valence-electron chi connectivity index (χ1n) is 24.6. The maximum atomic E-state index is 6.77. The van der Waals surface area contributed by atoms with E-state index >= 15 is 0 Å². The Kier molecular flexibility index (Phi) is 10.3. The standard InChI is InChI=1S/C60H63NO/c1-3-12-41(13-4-1)53-20-9-17-45-18-10-21-54(59(45)53)44-28-33-49(34-29-44)61(50-35-36-52-47(38-50)25-24-43-16-7-8-19-51(43)52)48-31-26-40(27-32-48)46-30-37-58-57(39-46)56-23-11-22-55(60(56)62-58)42-14-5-2-6-15-42/h1-3,5-7,9-10,14,16-18,21-22,26,28-33,37-42,49,53-54,57-59H,4,8,11-13,15,19-20,23-25,27,34-36H2/t40?,41?,42?,49?,53-,54?,57?,58?,59?/m1/s1. The molecule has 0 bridgehead atoms. The Hall–Kier alpha value is -5.08. The molecule has 11 aliphatic carbocycles. The number of rotatable bonds is 7. The van der Waals surface area contributed by atoms with Crippen molar-refractivity contribution in [2.24, 2.45) is 41.4 Å². The first-order valence-corrected chi connectivity index (χ1v) is 24.6. The van der Waals surface area contributed by atoms with Gasteiger partial charge in [-0.3, -0.25) is 0 Å². The van der Waals surface area contributed by atoms with Gasteiger partial charge in [-0.15, -0.1) is 0 Å². The molecule has 12 aliphatic rings. The van der Waals surface area contributed by atoms with E-state index in [0.717, 1.165) is 50.4 Å². The maximum Gasteiger partial charge on any atom is 0.127 e.